The molecule has 0 bridgehead atoms. The van der Waals surface area contributed by atoms with Gasteiger partial charge in [0.1, 0.15) is 5.82 Å². The van der Waals surface area contributed by atoms with E-state index in [9.17, 15) is 0 Å². The van der Waals surface area contributed by atoms with Crippen molar-refractivity contribution in [3.05, 3.63) is 23.4 Å². The summed E-state index contributed by atoms with van der Waals surface area (Å²) in [5.74, 6) is 0.968. The van der Waals surface area contributed by atoms with Gasteiger partial charge in [-0.15, -0.1) is 0 Å². The molecule has 0 aromatic carbocycles. The molecular weight excluding hydrogens is 150 g/mol. The zero-order valence-electron chi connectivity index (χ0n) is 7.83. The fourth-order valence-electron chi connectivity index (χ4n) is 1.07. The Balaban J connectivity index is 3.06. The molecular formula is C9H15N3. The highest BCUT2D eigenvalue weighted by Crippen LogP contribution is 2.11. The lowest BCUT2D eigenvalue weighted by Gasteiger charge is -2.12. The molecule has 0 aliphatic carbocycles. The highest BCUT2D eigenvalue weighted by molar-refractivity contribution is 5.40. The molecule has 0 saturated carbocycles. The highest BCUT2D eigenvalue weighted by Gasteiger charge is 1.99. The van der Waals surface area contributed by atoms with Crippen molar-refractivity contribution in [3.63, 3.8) is 0 Å². The minimum Gasteiger partial charge on any atom is -0.363 e. The molecule has 0 aliphatic heterocycles. The average molecular weight is 165 g/mol. The van der Waals surface area contributed by atoms with Gasteiger partial charge in [-0.1, -0.05) is 0 Å². The van der Waals surface area contributed by atoms with E-state index in [1.54, 1.807) is 0 Å². The fourth-order valence-corrected chi connectivity index (χ4v) is 1.07. The van der Waals surface area contributed by atoms with Crippen molar-refractivity contribution in [1.82, 2.24) is 4.98 Å². The fraction of sp³-hybridized carbons (Fsp3) is 0.444. The molecule has 1 aromatic rings. The second kappa shape index (κ2) is 3.54. The maximum atomic E-state index is 5.54. The maximum Gasteiger partial charge on any atom is 0.128 e. The number of hydrogen-bond donors (Lipinski definition) is 1. The molecule has 2 N–H and O–H groups in total. The predicted molar refractivity (Wildman–Crippen MR) is 51.2 cm³/mol. The Kier molecular flexibility index (Phi) is 2.65. The van der Waals surface area contributed by atoms with Gasteiger partial charge in [0, 0.05) is 26.3 Å². The van der Waals surface area contributed by atoms with E-state index in [4.69, 9.17) is 5.73 Å². The third-order valence-corrected chi connectivity index (χ3v) is 1.69. The summed E-state index contributed by atoms with van der Waals surface area (Å²) < 4.78 is 0. The Morgan fingerprint density at radius 1 is 1.42 bits per heavy atom. The minimum atomic E-state index is 0.574. The van der Waals surface area contributed by atoms with Gasteiger partial charge in [-0.05, 0) is 24.6 Å². The van der Waals surface area contributed by atoms with Gasteiger partial charge in [0.05, 0.1) is 0 Å². The van der Waals surface area contributed by atoms with E-state index in [1.807, 2.05) is 38.1 Å². The van der Waals surface area contributed by atoms with Crippen LogP contribution in [0.1, 0.15) is 11.3 Å². The maximum absolute atomic E-state index is 5.54. The molecule has 0 saturated heterocycles. The number of aryl methyl sites for hydroxylation is 1. The summed E-state index contributed by atoms with van der Waals surface area (Å²) in [6.07, 6.45) is 0. The summed E-state index contributed by atoms with van der Waals surface area (Å²) in [4.78, 5) is 6.33. The van der Waals surface area contributed by atoms with E-state index in [0.29, 0.717) is 6.54 Å². The Bertz CT molecular complexity index is 268. The van der Waals surface area contributed by atoms with Gasteiger partial charge in [0.25, 0.3) is 0 Å². The van der Waals surface area contributed by atoms with Crippen molar-refractivity contribution >= 4 is 5.82 Å². The number of anilines is 1. The van der Waals surface area contributed by atoms with Crippen LogP contribution in [0, 0.1) is 6.92 Å². The van der Waals surface area contributed by atoms with Gasteiger partial charge in [-0.3, -0.25) is 0 Å². The van der Waals surface area contributed by atoms with Gasteiger partial charge in [-0.2, -0.15) is 0 Å². The second-order valence-electron chi connectivity index (χ2n) is 3.07. The summed E-state index contributed by atoms with van der Waals surface area (Å²) in [6, 6.07) is 4.01. The van der Waals surface area contributed by atoms with E-state index in [-0.39, 0.29) is 0 Å². The molecule has 0 unspecified atom stereocenters. The first kappa shape index (κ1) is 9.00. The number of pyridine rings is 1. The first-order valence-electron chi connectivity index (χ1n) is 3.98. The quantitative estimate of drug-likeness (QED) is 0.708. The van der Waals surface area contributed by atoms with Crippen LogP contribution in [0.4, 0.5) is 5.82 Å². The van der Waals surface area contributed by atoms with Gasteiger partial charge in [0.15, 0.2) is 0 Å². The highest BCUT2D eigenvalue weighted by atomic mass is 15.1. The van der Waals surface area contributed by atoms with E-state index >= 15 is 0 Å². The van der Waals surface area contributed by atoms with Crippen LogP contribution in [0.2, 0.25) is 0 Å². The lowest BCUT2D eigenvalue weighted by molar-refractivity contribution is 0.999. The van der Waals surface area contributed by atoms with E-state index in [2.05, 4.69) is 4.98 Å². The number of nitrogens with zero attached hydrogens (tertiary/aromatic N) is 2. The summed E-state index contributed by atoms with van der Waals surface area (Å²) >= 11 is 0. The van der Waals surface area contributed by atoms with Gasteiger partial charge >= 0.3 is 0 Å². The predicted octanol–water partition coefficient (Wildman–Crippen LogP) is 0.915. The molecule has 1 heterocycles. The van der Waals surface area contributed by atoms with E-state index in [1.165, 1.54) is 0 Å². The molecule has 0 atom stereocenters. The van der Waals surface area contributed by atoms with Crippen molar-refractivity contribution in [1.29, 1.82) is 0 Å². The van der Waals surface area contributed by atoms with Crippen LogP contribution < -0.4 is 10.6 Å². The first-order chi connectivity index (χ1) is 5.63. The number of rotatable bonds is 2. The zero-order chi connectivity index (χ0) is 9.14. The molecule has 3 heteroatoms. The number of nitrogens with two attached hydrogens (primary N) is 1. The largest absolute Gasteiger partial charge is 0.363 e. The van der Waals surface area contributed by atoms with Crippen molar-refractivity contribution < 1.29 is 0 Å². The summed E-state index contributed by atoms with van der Waals surface area (Å²) in [5.41, 5.74) is 7.69. The Morgan fingerprint density at radius 3 is 2.58 bits per heavy atom. The molecule has 66 valence electrons. The molecule has 0 aliphatic rings. The van der Waals surface area contributed by atoms with Crippen LogP contribution in [-0.2, 0) is 6.54 Å². The topological polar surface area (TPSA) is 42.1 Å². The van der Waals surface area contributed by atoms with E-state index in [0.717, 1.165) is 17.1 Å². The van der Waals surface area contributed by atoms with Crippen LogP contribution in [-0.4, -0.2) is 19.1 Å². The van der Waals surface area contributed by atoms with Gasteiger partial charge in [-0.25, -0.2) is 4.98 Å². The van der Waals surface area contributed by atoms with Crippen LogP contribution in [0.15, 0.2) is 12.1 Å². The lowest BCUT2D eigenvalue weighted by Crippen LogP contribution is -2.12. The monoisotopic (exact) mass is 165 g/mol. The molecule has 1 aromatic heterocycles. The van der Waals surface area contributed by atoms with Crippen molar-refractivity contribution in [3.8, 4) is 0 Å². The molecule has 0 fully saturated rings. The summed E-state index contributed by atoms with van der Waals surface area (Å²) in [5, 5.41) is 0. The third-order valence-electron chi connectivity index (χ3n) is 1.69. The van der Waals surface area contributed by atoms with Crippen LogP contribution in [0.3, 0.4) is 0 Å². The number of hydrogen-bond acceptors (Lipinski definition) is 3. The molecule has 1 rings (SSSR count). The van der Waals surface area contributed by atoms with E-state index < -0.39 is 0 Å². The van der Waals surface area contributed by atoms with Crippen molar-refractivity contribution in [2.75, 3.05) is 19.0 Å². The SMILES string of the molecule is Cc1cc(CN)cc(N(C)C)n1. The molecule has 12 heavy (non-hydrogen) atoms. The van der Waals surface area contributed by atoms with Crippen LogP contribution >= 0.6 is 0 Å². The first-order valence-corrected chi connectivity index (χ1v) is 3.98. The van der Waals surface area contributed by atoms with Crippen molar-refractivity contribution in [2.45, 2.75) is 13.5 Å². The smallest absolute Gasteiger partial charge is 0.128 e. The Labute approximate surface area is 73.2 Å². The van der Waals surface area contributed by atoms with Gasteiger partial charge < -0.3 is 10.6 Å². The normalized spacial score (nSPS) is 10.0. The molecule has 0 amide bonds. The Morgan fingerprint density at radius 2 is 2.08 bits per heavy atom. The molecule has 0 radical (unpaired) electrons. The zero-order valence-corrected chi connectivity index (χ0v) is 7.83. The average Bonchev–Trinajstić information content (AvgIpc) is 2.03. The van der Waals surface area contributed by atoms with Gasteiger partial charge in [0.2, 0.25) is 0 Å². The summed E-state index contributed by atoms with van der Waals surface area (Å²) in [6.45, 7) is 2.55. The minimum absolute atomic E-state index is 0.574. The lowest BCUT2D eigenvalue weighted by atomic mass is 10.2. The summed E-state index contributed by atoms with van der Waals surface area (Å²) in [7, 11) is 3.95. The molecule has 3 nitrogen and oxygen atoms in total. The van der Waals surface area contributed by atoms with Crippen molar-refractivity contribution in [2.24, 2.45) is 5.73 Å². The third kappa shape index (κ3) is 1.95. The standard InChI is InChI=1S/C9H15N3/c1-7-4-8(6-10)5-9(11-7)12(2)3/h4-5H,6,10H2,1-3H3. The second-order valence-corrected chi connectivity index (χ2v) is 3.07. The van der Waals surface area contributed by atoms with Crippen LogP contribution in [0.25, 0.3) is 0 Å². The molecule has 0 spiro atoms. The Hall–Kier alpha value is -1.09. The number of aromatic nitrogens is 1. The van der Waals surface area contributed by atoms with Crippen LogP contribution in [0.5, 0.6) is 0 Å².